The van der Waals surface area contributed by atoms with Crippen molar-refractivity contribution in [3.05, 3.63) is 51.8 Å². The van der Waals surface area contributed by atoms with E-state index in [1.54, 1.807) is 0 Å². The summed E-state index contributed by atoms with van der Waals surface area (Å²) in [6, 6.07) is 7.92. The molecule has 0 spiro atoms. The highest BCUT2D eigenvalue weighted by molar-refractivity contribution is 5.76. The van der Waals surface area contributed by atoms with Crippen molar-refractivity contribution in [2.45, 2.75) is 13.8 Å². The van der Waals surface area contributed by atoms with E-state index in [4.69, 9.17) is 9.97 Å². The summed E-state index contributed by atoms with van der Waals surface area (Å²) < 4.78 is 13.6. The molecule has 0 amide bonds. The second-order valence-corrected chi connectivity index (χ2v) is 7.74. The molecular formula is C20H21FN6O. The molecule has 144 valence electrons. The first-order valence-electron chi connectivity index (χ1n) is 9.49. The summed E-state index contributed by atoms with van der Waals surface area (Å²) in [5.74, 6) is 1.50. The Morgan fingerprint density at radius 2 is 1.54 bits per heavy atom. The zero-order valence-corrected chi connectivity index (χ0v) is 15.8. The number of benzene rings is 1. The topological polar surface area (TPSA) is 78.0 Å². The van der Waals surface area contributed by atoms with Crippen LogP contribution in [0.25, 0.3) is 11.0 Å². The lowest BCUT2D eigenvalue weighted by molar-refractivity contribution is 0.533. The van der Waals surface area contributed by atoms with E-state index in [-0.39, 0.29) is 5.69 Å². The number of nitrogens with zero attached hydrogens (tertiary/aromatic N) is 5. The highest BCUT2D eigenvalue weighted by Crippen LogP contribution is 2.35. The first-order chi connectivity index (χ1) is 13.5. The summed E-state index contributed by atoms with van der Waals surface area (Å²) in [6.07, 6.45) is 0. The van der Waals surface area contributed by atoms with Crippen LogP contribution in [0, 0.1) is 31.5 Å². The minimum absolute atomic E-state index is 0.138. The monoisotopic (exact) mass is 380 g/mol. The molecule has 2 aromatic heterocycles. The number of para-hydroxylation sites is 2. The summed E-state index contributed by atoms with van der Waals surface area (Å²) in [5, 5.41) is 0. The normalized spacial score (nSPS) is 21.5. The van der Waals surface area contributed by atoms with Crippen LogP contribution >= 0.6 is 0 Å². The van der Waals surface area contributed by atoms with Gasteiger partial charge in [0.1, 0.15) is 0 Å². The molecular weight excluding hydrogens is 359 g/mol. The molecule has 2 unspecified atom stereocenters. The van der Waals surface area contributed by atoms with Gasteiger partial charge in [-0.15, -0.1) is 0 Å². The van der Waals surface area contributed by atoms with Gasteiger partial charge in [-0.2, -0.15) is 4.39 Å². The number of aromatic nitrogens is 4. The number of rotatable bonds is 2. The first kappa shape index (κ1) is 17.1. The van der Waals surface area contributed by atoms with Crippen LogP contribution in [-0.2, 0) is 0 Å². The SMILES string of the molecule is Cc1nc2ccccc2nc1N1CC2CN(c3nc(C)c(F)c(=O)[nH]3)CC2C1. The van der Waals surface area contributed by atoms with E-state index < -0.39 is 11.4 Å². The lowest BCUT2D eigenvalue weighted by Gasteiger charge is -2.24. The zero-order chi connectivity index (χ0) is 19.4. The average Bonchev–Trinajstić information content (AvgIpc) is 3.24. The molecule has 7 nitrogen and oxygen atoms in total. The Kier molecular flexibility index (Phi) is 3.82. The van der Waals surface area contributed by atoms with Crippen LogP contribution in [0.4, 0.5) is 16.2 Å². The quantitative estimate of drug-likeness (QED) is 0.733. The van der Waals surface area contributed by atoms with Crippen LogP contribution in [0.5, 0.6) is 0 Å². The minimum atomic E-state index is -0.806. The number of nitrogens with one attached hydrogen (secondary N) is 1. The molecule has 2 fully saturated rings. The summed E-state index contributed by atoms with van der Waals surface area (Å²) in [6.45, 7) is 6.88. The fourth-order valence-electron chi connectivity index (χ4n) is 4.42. The van der Waals surface area contributed by atoms with Gasteiger partial charge < -0.3 is 9.80 Å². The standard InChI is InChI=1S/C20H21FN6O/c1-11-17(21)19(28)25-20(23-11)27-9-13-7-26(8-14(13)10-27)18-12(2)22-15-5-3-4-6-16(15)24-18/h3-6,13-14H,7-10H2,1-2H3,(H,23,25,28). The number of H-pyrrole nitrogens is 1. The van der Waals surface area contributed by atoms with Gasteiger partial charge in [-0.05, 0) is 26.0 Å². The Morgan fingerprint density at radius 1 is 0.929 bits per heavy atom. The third-order valence-corrected chi connectivity index (χ3v) is 5.82. The molecule has 1 aromatic carbocycles. The van der Waals surface area contributed by atoms with Gasteiger partial charge in [0, 0.05) is 38.0 Å². The van der Waals surface area contributed by atoms with Crippen molar-refractivity contribution >= 4 is 22.8 Å². The van der Waals surface area contributed by atoms with E-state index in [0.29, 0.717) is 17.8 Å². The molecule has 0 radical (unpaired) electrons. The fourth-order valence-corrected chi connectivity index (χ4v) is 4.42. The molecule has 2 aliphatic heterocycles. The fraction of sp³-hybridized carbons (Fsp3) is 0.400. The number of aryl methyl sites for hydroxylation is 2. The first-order valence-corrected chi connectivity index (χ1v) is 9.49. The van der Waals surface area contributed by atoms with Crippen molar-refractivity contribution in [1.82, 2.24) is 19.9 Å². The van der Waals surface area contributed by atoms with Crippen LogP contribution in [0.3, 0.4) is 0 Å². The van der Waals surface area contributed by atoms with E-state index >= 15 is 0 Å². The number of anilines is 2. The maximum Gasteiger partial charge on any atom is 0.288 e. The highest BCUT2D eigenvalue weighted by Gasteiger charge is 2.41. The molecule has 0 saturated carbocycles. The van der Waals surface area contributed by atoms with Gasteiger partial charge in [-0.3, -0.25) is 9.78 Å². The molecule has 8 heteroatoms. The molecule has 4 heterocycles. The van der Waals surface area contributed by atoms with Crippen molar-refractivity contribution in [3.8, 4) is 0 Å². The minimum Gasteiger partial charge on any atom is -0.354 e. The van der Waals surface area contributed by atoms with Gasteiger partial charge in [0.2, 0.25) is 11.8 Å². The van der Waals surface area contributed by atoms with E-state index in [9.17, 15) is 9.18 Å². The maximum atomic E-state index is 13.6. The van der Waals surface area contributed by atoms with Gasteiger partial charge in [-0.25, -0.2) is 15.0 Å². The van der Waals surface area contributed by atoms with Crippen molar-refractivity contribution in [1.29, 1.82) is 0 Å². The maximum absolute atomic E-state index is 13.6. The van der Waals surface area contributed by atoms with Crippen LogP contribution in [0.2, 0.25) is 0 Å². The smallest absolute Gasteiger partial charge is 0.288 e. The summed E-state index contributed by atoms with van der Waals surface area (Å²) in [7, 11) is 0. The third-order valence-electron chi connectivity index (χ3n) is 5.82. The number of hydrogen-bond acceptors (Lipinski definition) is 6. The number of halogens is 1. The second kappa shape index (κ2) is 6.25. The average molecular weight is 380 g/mol. The Hall–Kier alpha value is -3.03. The second-order valence-electron chi connectivity index (χ2n) is 7.74. The van der Waals surface area contributed by atoms with Gasteiger partial charge in [0.25, 0.3) is 5.56 Å². The van der Waals surface area contributed by atoms with E-state index in [1.165, 1.54) is 6.92 Å². The van der Waals surface area contributed by atoms with E-state index in [0.717, 1.165) is 48.7 Å². The molecule has 1 N–H and O–H groups in total. The molecule has 0 bridgehead atoms. The zero-order valence-electron chi connectivity index (χ0n) is 15.8. The van der Waals surface area contributed by atoms with Crippen LogP contribution < -0.4 is 15.4 Å². The Labute approximate surface area is 161 Å². The Morgan fingerprint density at radius 3 is 2.18 bits per heavy atom. The summed E-state index contributed by atoms with van der Waals surface area (Å²) >= 11 is 0. The van der Waals surface area contributed by atoms with Crippen LogP contribution in [0.15, 0.2) is 29.1 Å². The molecule has 3 aromatic rings. The highest BCUT2D eigenvalue weighted by atomic mass is 19.1. The Balaban J connectivity index is 1.36. The number of aromatic amines is 1. The lowest BCUT2D eigenvalue weighted by atomic mass is 10.0. The van der Waals surface area contributed by atoms with Gasteiger partial charge >= 0.3 is 0 Å². The third kappa shape index (κ3) is 2.71. The molecule has 0 aliphatic carbocycles. The summed E-state index contributed by atoms with van der Waals surface area (Å²) in [5.41, 5.74) is 2.19. The van der Waals surface area contributed by atoms with Gasteiger partial charge in [0.15, 0.2) is 5.82 Å². The van der Waals surface area contributed by atoms with Crippen molar-refractivity contribution in [2.75, 3.05) is 36.0 Å². The van der Waals surface area contributed by atoms with Crippen LogP contribution in [0.1, 0.15) is 11.4 Å². The number of hydrogen-bond donors (Lipinski definition) is 1. The molecule has 28 heavy (non-hydrogen) atoms. The Bertz CT molecular complexity index is 1120. The lowest BCUT2D eigenvalue weighted by Crippen LogP contribution is -2.32. The van der Waals surface area contributed by atoms with Gasteiger partial charge in [-0.1, -0.05) is 12.1 Å². The van der Waals surface area contributed by atoms with Crippen molar-refractivity contribution in [2.24, 2.45) is 11.8 Å². The predicted octanol–water partition coefficient (Wildman–Crippen LogP) is 2.04. The predicted molar refractivity (Wildman–Crippen MR) is 105 cm³/mol. The van der Waals surface area contributed by atoms with Crippen molar-refractivity contribution < 1.29 is 4.39 Å². The largest absolute Gasteiger partial charge is 0.354 e. The van der Waals surface area contributed by atoms with Crippen molar-refractivity contribution in [3.63, 3.8) is 0 Å². The molecule has 5 rings (SSSR count). The van der Waals surface area contributed by atoms with Crippen LogP contribution in [-0.4, -0.2) is 46.1 Å². The molecule has 2 saturated heterocycles. The molecule has 2 aliphatic rings. The van der Waals surface area contributed by atoms with E-state index in [1.807, 2.05) is 31.2 Å². The number of fused-ring (bicyclic) bond motifs is 2. The van der Waals surface area contributed by atoms with E-state index in [2.05, 4.69) is 19.8 Å². The molecule has 2 atom stereocenters. The van der Waals surface area contributed by atoms with Gasteiger partial charge in [0.05, 0.1) is 22.4 Å². The summed E-state index contributed by atoms with van der Waals surface area (Å²) in [4.78, 5) is 32.4.